The molecule has 272 valence electrons. The number of unbranched alkanes of at least 4 members (excludes halogenated alkanes) is 1. The van der Waals surface area contributed by atoms with Crippen LogP contribution in [0.1, 0.15) is 59.3 Å². The van der Waals surface area contributed by atoms with E-state index in [0.717, 1.165) is 6.42 Å². The highest BCUT2D eigenvalue weighted by Crippen LogP contribution is 2.10. The Balaban J connectivity index is 2.84. The molecule has 1 aliphatic heterocycles. The summed E-state index contributed by atoms with van der Waals surface area (Å²) in [5, 5.41) is 47.1. The van der Waals surface area contributed by atoms with Gasteiger partial charge in [0.2, 0.25) is 35.4 Å². The van der Waals surface area contributed by atoms with Crippen LogP contribution in [0.25, 0.3) is 0 Å². The number of hydrogen-bond acceptors (Lipinski definition) is 13. The zero-order chi connectivity index (χ0) is 36.6. The Morgan fingerprint density at radius 3 is 1.98 bits per heavy atom. The standard InChI is InChI=1S/C28H49N9O11/c1-13(24(43)37-22(28(47)48)16-8-6-10-31-16)33-19(39)12-32-25(44)18(11-20(40)41)36-26(45)17(7-4-5-9-29)35-23(42)14(2)34-27(46)21(30)15(3)38/h13-18,21-22,31,38H,4-12,29-30H2,1-3H3,(H,32,44)(H,33,39)(H,34,46)(H,35,42)(H,36,45)(H,37,43)(H,40,41)(H,47,48)/p-1. The van der Waals surface area contributed by atoms with Crippen molar-refractivity contribution in [3.63, 3.8) is 0 Å². The number of carbonyl (C=O) groups is 8. The largest absolute Gasteiger partial charge is 0.550 e. The Hall–Kier alpha value is -4.40. The molecule has 0 bridgehead atoms. The van der Waals surface area contributed by atoms with Crippen LogP contribution in [-0.4, -0.2) is 126 Å². The summed E-state index contributed by atoms with van der Waals surface area (Å²) >= 11 is 0. The molecule has 13 N–H and O–H groups in total. The number of hydrogen-bond donors (Lipinski definition) is 11. The van der Waals surface area contributed by atoms with Crippen LogP contribution in [0.2, 0.25) is 0 Å². The van der Waals surface area contributed by atoms with E-state index >= 15 is 0 Å². The molecule has 20 nitrogen and oxygen atoms in total. The Kier molecular flexibility index (Phi) is 18.0. The number of carboxylic acids is 2. The Labute approximate surface area is 277 Å². The summed E-state index contributed by atoms with van der Waals surface area (Å²) in [4.78, 5) is 98.8. The van der Waals surface area contributed by atoms with E-state index in [4.69, 9.17) is 11.5 Å². The lowest BCUT2D eigenvalue weighted by Gasteiger charge is -2.25. The molecule has 0 spiro atoms. The van der Waals surface area contributed by atoms with E-state index in [1.807, 2.05) is 0 Å². The molecule has 1 fully saturated rings. The molecule has 0 saturated carbocycles. The smallest absolute Gasteiger partial charge is 0.327 e. The van der Waals surface area contributed by atoms with Gasteiger partial charge in [0, 0.05) is 18.4 Å². The van der Waals surface area contributed by atoms with Crippen molar-refractivity contribution in [1.82, 2.24) is 37.2 Å². The van der Waals surface area contributed by atoms with Crippen molar-refractivity contribution >= 4 is 47.4 Å². The van der Waals surface area contributed by atoms with Crippen LogP contribution in [0.5, 0.6) is 0 Å². The number of rotatable bonds is 21. The van der Waals surface area contributed by atoms with E-state index in [9.17, 15) is 53.7 Å². The summed E-state index contributed by atoms with van der Waals surface area (Å²) in [5.41, 5.74) is 11.1. The van der Waals surface area contributed by atoms with Gasteiger partial charge >= 0.3 is 5.97 Å². The van der Waals surface area contributed by atoms with Crippen LogP contribution in [0.3, 0.4) is 0 Å². The second kappa shape index (κ2) is 20.8. The summed E-state index contributed by atoms with van der Waals surface area (Å²) in [5.74, 6) is -8.35. The number of aliphatic carboxylic acids is 2. The number of carboxylic acid groups (broad SMARTS) is 2. The van der Waals surface area contributed by atoms with Crippen molar-refractivity contribution in [3.05, 3.63) is 0 Å². The van der Waals surface area contributed by atoms with Gasteiger partial charge in [-0.3, -0.25) is 28.8 Å². The zero-order valence-corrected chi connectivity index (χ0v) is 27.2. The molecule has 48 heavy (non-hydrogen) atoms. The van der Waals surface area contributed by atoms with Gasteiger partial charge in [-0.2, -0.15) is 0 Å². The van der Waals surface area contributed by atoms with Gasteiger partial charge in [0.05, 0.1) is 12.6 Å². The quantitative estimate of drug-likeness (QED) is 0.0500. The monoisotopic (exact) mass is 686 g/mol. The number of amides is 6. The molecular formula is C28H48N9O11-. The topological polar surface area (TPSA) is 336 Å². The molecule has 6 amide bonds. The van der Waals surface area contributed by atoms with Crippen molar-refractivity contribution in [3.8, 4) is 0 Å². The first-order valence-corrected chi connectivity index (χ1v) is 15.6. The van der Waals surface area contributed by atoms with E-state index in [0.29, 0.717) is 25.8 Å². The molecule has 20 heteroatoms. The van der Waals surface area contributed by atoms with Crippen LogP contribution in [0, 0.1) is 0 Å². The predicted molar refractivity (Wildman–Crippen MR) is 165 cm³/mol. The van der Waals surface area contributed by atoms with Gasteiger partial charge in [-0.15, -0.1) is 0 Å². The van der Waals surface area contributed by atoms with Crippen LogP contribution in [-0.2, 0) is 38.4 Å². The number of aliphatic hydroxyl groups is 1. The van der Waals surface area contributed by atoms with E-state index < -0.39 is 109 Å². The highest BCUT2D eigenvalue weighted by molar-refractivity contribution is 5.97. The van der Waals surface area contributed by atoms with Crippen molar-refractivity contribution in [1.29, 1.82) is 0 Å². The molecule has 8 atom stereocenters. The van der Waals surface area contributed by atoms with E-state index in [2.05, 4.69) is 37.2 Å². The number of carbonyl (C=O) groups excluding carboxylic acids is 7. The van der Waals surface area contributed by atoms with Crippen LogP contribution in [0.4, 0.5) is 0 Å². The van der Waals surface area contributed by atoms with Gasteiger partial charge in [-0.05, 0) is 66.0 Å². The van der Waals surface area contributed by atoms with Gasteiger partial charge < -0.3 is 68.8 Å². The SMILES string of the molecule is CC(NC(=O)CNC(=O)C(CC(=O)[O-])NC(=O)C(CCCCN)NC(=O)C(C)NC(=O)C(N)C(C)O)C(=O)NC(C(=O)O)C1CCCN1. The van der Waals surface area contributed by atoms with Crippen molar-refractivity contribution < 1.29 is 53.7 Å². The molecule has 0 aromatic rings. The predicted octanol–water partition coefficient (Wildman–Crippen LogP) is -6.62. The van der Waals surface area contributed by atoms with Crippen LogP contribution in [0.15, 0.2) is 0 Å². The third kappa shape index (κ3) is 14.6. The van der Waals surface area contributed by atoms with E-state index in [-0.39, 0.29) is 13.0 Å². The summed E-state index contributed by atoms with van der Waals surface area (Å²) in [6, 6.07) is -8.49. The Bertz CT molecular complexity index is 1160. The molecule has 1 heterocycles. The minimum Gasteiger partial charge on any atom is -0.550 e. The third-order valence-electron chi connectivity index (χ3n) is 7.42. The fraction of sp³-hybridized carbons (Fsp3) is 0.714. The molecule has 1 rings (SSSR count). The second-order valence-corrected chi connectivity index (χ2v) is 11.5. The normalized spacial score (nSPS) is 18.4. The van der Waals surface area contributed by atoms with Gasteiger partial charge in [0.15, 0.2) is 0 Å². The Morgan fingerprint density at radius 1 is 0.833 bits per heavy atom. The summed E-state index contributed by atoms with van der Waals surface area (Å²) in [7, 11) is 0. The molecule has 0 aromatic carbocycles. The molecule has 1 saturated heterocycles. The maximum Gasteiger partial charge on any atom is 0.327 e. The van der Waals surface area contributed by atoms with Gasteiger partial charge in [-0.25, -0.2) is 4.79 Å². The van der Waals surface area contributed by atoms with Gasteiger partial charge in [-0.1, -0.05) is 0 Å². The Morgan fingerprint density at radius 2 is 1.44 bits per heavy atom. The average molecular weight is 687 g/mol. The highest BCUT2D eigenvalue weighted by atomic mass is 16.4. The first-order valence-electron chi connectivity index (χ1n) is 15.6. The van der Waals surface area contributed by atoms with Crippen molar-refractivity contribution in [2.24, 2.45) is 11.5 Å². The molecule has 1 aliphatic rings. The van der Waals surface area contributed by atoms with Gasteiger partial charge in [0.25, 0.3) is 0 Å². The van der Waals surface area contributed by atoms with Crippen LogP contribution < -0.4 is 53.8 Å². The fourth-order valence-corrected chi connectivity index (χ4v) is 4.56. The summed E-state index contributed by atoms with van der Waals surface area (Å²) in [6.45, 7) is 4.00. The first kappa shape index (κ1) is 41.6. The summed E-state index contributed by atoms with van der Waals surface area (Å²) in [6.07, 6.45) is -0.119. The fourth-order valence-electron chi connectivity index (χ4n) is 4.56. The second-order valence-electron chi connectivity index (χ2n) is 11.5. The maximum absolute atomic E-state index is 13.1. The minimum absolute atomic E-state index is 0.0180. The first-order chi connectivity index (χ1) is 22.5. The number of nitrogens with one attached hydrogen (secondary N) is 7. The lowest BCUT2D eigenvalue weighted by atomic mass is 10.1. The average Bonchev–Trinajstić information content (AvgIpc) is 3.55. The molecule has 0 radical (unpaired) electrons. The number of aliphatic hydroxyl groups excluding tert-OH is 1. The highest BCUT2D eigenvalue weighted by Gasteiger charge is 2.33. The maximum atomic E-state index is 13.1. The van der Waals surface area contributed by atoms with Gasteiger partial charge in [0.1, 0.15) is 36.3 Å². The van der Waals surface area contributed by atoms with Crippen molar-refractivity contribution in [2.45, 2.75) is 108 Å². The number of nitrogens with two attached hydrogens (primary N) is 2. The van der Waals surface area contributed by atoms with Crippen molar-refractivity contribution in [2.75, 3.05) is 19.6 Å². The minimum atomic E-state index is -1.75. The molecule has 0 aromatic heterocycles. The molecule has 8 unspecified atom stereocenters. The zero-order valence-electron chi connectivity index (χ0n) is 27.2. The van der Waals surface area contributed by atoms with E-state index in [1.54, 1.807) is 0 Å². The summed E-state index contributed by atoms with van der Waals surface area (Å²) < 4.78 is 0. The molecular weight excluding hydrogens is 638 g/mol. The molecule has 0 aliphatic carbocycles. The lowest BCUT2D eigenvalue weighted by molar-refractivity contribution is -0.306. The van der Waals surface area contributed by atoms with Crippen LogP contribution >= 0.6 is 0 Å². The third-order valence-corrected chi connectivity index (χ3v) is 7.42. The van der Waals surface area contributed by atoms with E-state index in [1.165, 1.54) is 20.8 Å². The lowest BCUT2D eigenvalue weighted by Crippen LogP contribution is -2.59.